The van der Waals surface area contributed by atoms with Crippen LogP contribution in [0.1, 0.15) is 104 Å². The van der Waals surface area contributed by atoms with Gasteiger partial charge >= 0.3 is 6.09 Å². The van der Waals surface area contributed by atoms with E-state index in [1.54, 1.807) is 33.0 Å². The van der Waals surface area contributed by atoms with Crippen molar-refractivity contribution in [2.24, 2.45) is 0 Å². The van der Waals surface area contributed by atoms with Gasteiger partial charge in [-0.3, -0.25) is 24.4 Å². The number of ether oxygens (including phenoxy) is 1. The highest BCUT2D eigenvalue weighted by molar-refractivity contribution is 6.30. The van der Waals surface area contributed by atoms with Crippen LogP contribution in [-0.2, 0) is 19.7 Å². The van der Waals surface area contributed by atoms with Crippen molar-refractivity contribution in [2.75, 3.05) is 11.4 Å². The van der Waals surface area contributed by atoms with Crippen molar-refractivity contribution in [1.29, 1.82) is 0 Å². The summed E-state index contributed by atoms with van der Waals surface area (Å²) in [4.78, 5) is 49.3. The van der Waals surface area contributed by atoms with Gasteiger partial charge in [-0.1, -0.05) is 63.8 Å². The predicted molar refractivity (Wildman–Crippen MR) is 166 cm³/mol. The molecule has 1 aliphatic heterocycles. The second-order valence-corrected chi connectivity index (χ2v) is 14.0. The van der Waals surface area contributed by atoms with E-state index in [1.807, 2.05) is 24.3 Å². The lowest BCUT2D eigenvalue weighted by atomic mass is 9.87. The summed E-state index contributed by atoms with van der Waals surface area (Å²) in [7, 11) is 0. The lowest BCUT2D eigenvalue weighted by molar-refractivity contribution is -0.129. The van der Waals surface area contributed by atoms with Crippen molar-refractivity contribution in [3.8, 4) is 0 Å². The van der Waals surface area contributed by atoms with Crippen LogP contribution in [0.3, 0.4) is 0 Å². The smallest absolute Gasteiger partial charge is 0.410 e. The van der Waals surface area contributed by atoms with Gasteiger partial charge in [0.1, 0.15) is 17.7 Å². The number of aromatic nitrogens is 1. The molecule has 2 heterocycles. The molecule has 2 fully saturated rings. The molecule has 0 bridgehead atoms. The van der Waals surface area contributed by atoms with Gasteiger partial charge in [0, 0.05) is 36.2 Å². The number of amides is 3. The Balaban J connectivity index is 1.79. The van der Waals surface area contributed by atoms with E-state index >= 15 is 0 Å². The van der Waals surface area contributed by atoms with Crippen LogP contribution in [0.15, 0.2) is 42.7 Å². The molecule has 1 aliphatic carbocycles. The second-order valence-electron chi connectivity index (χ2n) is 13.5. The maximum atomic E-state index is 14.6. The van der Waals surface area contributed by atoms with Crippen molar-refractivity contribution in [3.63, 3.8) is 0 Å². The maximum Gasteiger partial charge on any atom is 0.410 e. The standard InChI is InChI=1S/C33H45ClN4O4/c1-32(2,3)23-14-16-26(17-15-23)38(30(40)27-13-10-18-37(27)31(41)42-33(4,5)6)28(22-19-24(34)21-35-20-22)29(39)36-25-11-8-7-9-12-25/h14-17,19-21,25,27-28H,7-13,18H2,1-6H3,(H,36,39)/t27-,28-/m1/s1. The molecule has 1 aromatic heterocycles. The minimum atomic E-state index is -1.04. The van der Waals surface area contributed by atoms with Gasteiger partial charge in [0.2, 0.25) is 5.91 Å². The number of carbonyl (C=O) groups is 3. The molecule has 4 rings (SSSR count). The Morgan fingerprint density at radius 1 is 0.976 bits per heavy atom. The fraction of sp³-hybridized carbons (Fsp3) is 0.576. The second kappa shape index (κ2) is 13.0. The molecule has 0 radical (unpaired) electrons. The molecule has 1 saturated carbocycles. The molecule has 1 N–H and O–H groups in total. The summed E-state index contributed by atoms with van der Waals surface area (Å²) in [6.07, 6.45) is 8.74. The Labute approximate surface area is 255 Å². The average Bonchev–Trinajstić information content (AvgIpc) is 3.41. The zero-order valence-electron chi connectivity index (χ0n) is 25.8. The highest BCUT2D eigenvalue weighted by Crippen LogP contribution is 2.35. The zero-order chi connectivity index (χ0) is 30.7. The SMILES string of the molecule is CC(C)(C)OC(=O)N1CCC[C@@H]1C(=O)N(c1ccc(C(C)(C)C)cc1)[C@@H](C(=O)NC1CCCCC1)c1cncc(Cl)c1. The van der Waals surface area contributed by atoms with E-state index in [9.17, 15) is 14.4 Å². The van der Waals surface area contributed by atoms with Crippen LogP contribution in [0.5, 0.6) is 0 Å². The largest absolute Gasteiger partial charge is 0.444 e. The number of pyridine rings is 1. The Morgan fingerprint density at radius 2 is 1.64 bits per heavy atom. The first-order chi connectivity index (χ1) is 19.7. The Kier molecular flexibility index (Phi) is 9.86. The zero-order valence-corrected chi connectivity index (χ0v) is 26.5. The molecule has 2 aromatic rings. The van der Waals surface area contributed by atoms with Crippen LogP contribution in [-0.4, -0.2) is 52.0 Å². The molecule has 2 atom stereocenters. The molecule has 1 aromatic carbocycles. The Bertz CT molecular complexity index is 1260. The van der Waals surface area contributed by atoms with Crippen LogP contribution < -0.4 is 10.2 Å². The normalized spacial score (nSPS) is 18.8. The molecule has 2 aliphatic rings. The minimum Gasteiger partial charge on any atom is -0.444 e. The van der Waals surface area contributed by atoms with E-state index in [0.29, 0.717) is 35.7 Å². The summed E-state index contributed by atoms with van der Waals surface area (Å²) in [6, 6.07) is 7.64. The summed E-state index contributed by atoms with van der Waals surface area (Å²) in [5.41, 5.74) is 1.37. The number of hydrogen-bond donors (Lipinski definition) is 1. The molecule has 0 spiro atoms. The Morgan fingerprint density at radius 3 is 2.24 bits per heavy atom. The fourth-order valence-corrected chi connectivity index (χ4v) is 5.95. The third-order valence-electron chi connectivity index (χ3n) is 7.91. The van der Waals surface area contributed by atoms with Crippen molar-refractivity contribution in [3.05, 3.63) is 58.9 Å². The molecule has 228 valence electrons. The molecule has 0 unspecified atom stereocenters. The van der Waals surface area contributed by atoms with Crippen molar-refractivity contribution < 1.29 is 19.1 Å². The molecule has 1 saturated heterocycles. The van der Waals surface area contributed by atoms with Crippen LogP contribution in [0.25, 0.3) is 0 Å². The Hall–Kier alpha value is -3.13. The number of nitrogens with zero attached hydrogens (tertiary/aromatic N) is 3. The fourth-order valence-electron chi connectivity index (χ4n) is 5.77. The van der Waals surface area contributed by atoms with E-state index in [4.69, 9.17) is 16.3 Å². The summed E-state index contributed by atoms with van der Waals surface area (Å²) in [5.74, 6) is -0.633. The topological polar surface area (TPSA) is 91.8 Å². The van der Waals surface area contributed by atoms with E-state index in [1.165, 1.54) is 16.0 Å². The number of carbonyl (C=O) groups excluding carboxylic acids is 3. The van der Waals surface area contributed by atoms with Crippen molar-refractivity contribution in [2.45, 2.75) is 116 Å². The van der Waals surface area contributed by atoms with E-state index < -0.39 is 23.8 Å². The molecule has 9 heteroatoms. The van der Waals surface area contributed by atoms with Crippen LogP contribution in [0.4, 0.5) is 10.5 Å². The highest BCUT2D eigenvalue weighted by atomic mass is 35.5. The van der Waals surface area contributed by atoms with Gasteiger partial charge in [-0.15, -0.1) is 0 Å². The summed E-state index contributed by atoms with van der Waals surface area (Å²) in [5, 5.41) is 3.59. The summed E-state index contributed by atoms with van der Waals surface area (Å²) in [6.45, 7) is 12.2. The van der Waals surface area contributed by atoms with Gasteiger partial charge in [-0.2, -0.15) is 0 Å². The third kappa shape index (κ3) is 7.82. The highest BCUT2D eigenvalue weighted by Gasteiger charge is 2.43. The van der Waals surface area contributed by atoms with Crippen LogP contribution in [0.2, 0.25) is 5.02 Å². The number of nitrogens with one attached hydrogen (secondary N) is 1. The summed E-state index contributed by atoms with van der Waals surface area (Å²) >= 11 is 6.37. The number of benzene rings is 1. The average molecular weight is 597 g/mol. The van der Waals surface area contributed by atoms with E-state index in [0.717, 1.165) is 37.7 Å². The van der Waals surface area contributed by atoms with Gasteiger partial charge in [-0.25, -0.2) is 4.79 Å². The predicted octanol–water partition coefficient (Wildman–Crippen LogP) is 6.96. The van der Waals surface area contributed by atoms with Crippen molar-refractivity contribution >= 4 is 35.2 Å². The van der Waals surface area contributed by atoms with Gasteiger partial charge in [0.25, 0.3) is 5.91 Å². The van der Waals surface area contributed by atoms with Crippen LogP contribution in [0, 0.1) is 0 Å². The number of hydrogen-bond acceptors (Lipinski definition) is 5. The quantitative estimate of drug-likeness (QED) is 0.389. The number of rotatable bonds is 6. The maximum absolute atomic E-state index is 14.6. The lowest BCUT2D eigenvalue weighted by Gasteiger charge is -2.37. The molecule has 3 amide bonds. The van der Waals surface area contributed by atoms with E-state index in [-0.39, 0.29) is 23.3 Å². The van der Waals surface area contributed by atoms with Crippen molar-refractivity contribution in [1.82, 2.24) is 15.2 Å². The summed E-state index contributed by atoms with van der Waals surface area (Å²) < 4.78 is 5.66. The number of halogens is 1. The number of anilines is 1. The van der Waals surface area contributed by atoms with Crippen LogP contribution >= 0.6 is 11.6 Å². The first-order valence-corrected chi connectivity index (χ1v) is 15.5. The van der Waals surface area contributed by atoms with E-state index in [2.05, 4.69) is 31.1 Å². The monoisotopic (exact) mass is 596 g/mol. The molecular formula is C33H45ClN4O4. The van der Waals surface area contributed by atoms with Gasteiger partial charge in [0.15, 0.2) is 0 Å². The number of likely N-dealkylation sites (tertiary alicyclic amines) is 1. The van der Waals surface area contributed by atoms with Gasteiger partial charge in [0.05, 0.1) is 5.02 Å². The molecule has 42 heavy (non-hydrogen) atoms. The third-order valence-corrected chi connectivity index (χ3v) is 8.12. The molecule has 8 nitrogen and oxygen atoms in total. The minimum absolute atomic E-state index is 0.0332. The van der Waals surface area contributed by atoms with Gasteiger partial charge < -0.3 is 10.1 Å². The van der Waals surface area contributed by atoms with Gasteiger partial charge in [-0.05, 0) is 75.6 Å². The first-order valence-electron chi connectivity index (χ1n) is 15.1. The molecular weight excluding hydrogens is 552 g/mol. The first kappa shape index (κ1) is 31.8. The lowest BCUT2D eigenvalue weighted by Crippen LogP contribution is -2.53.